The molecule has 8 heteroatoms. The van der Waals surface area contributed by atoms with Crippen LogP contribution in [-0.2, 0) is 6.42 Å². The first-order valence-corrected chi connectivity index (χ1v) is 7.68. The van der Waals surface area contributed by atoms with Gasteiger partial charge in [0.1, 0.15) is 6.33 Å². The quantitative estimate of drug-likeness (QED) is 0.550. The van der Waals surface area contributed by atoms with Crippen molar-refractivity contribution in [2.75, 3.05) is 10.7 Å². The third kappa shape index (κ3) is 4.63. The number of benzene rings is 1. The van der Waals surface area contributed by atoms with Gasteiger partial charge in [-0.15, -0.1) is 0 Å². The zero-order chi connectivity index (χ0) is 17.7. The molecule has 128 valence electrons. The normalized spacial score (nSPS) is 11.2. The van der Waals surface area contributed by atoms with Crippen molar-refractivity contribution in [3.63, 3.8) is 0 Å². The van der Waals surface area contributed by atoms with Crippen LogP contribution in [0.5, 0.6) is 0 Å². The third-order valence-electron chi connectivity index (χ3n) is 3.19. The van der Waals surface area contributed by atoms with Crippen molar-refractivity contribution in [1.82, 2.24) is 15.4 Å². The fourth-order valence-electron chi connectivity index (χ4n) is 1.94. The third-order valence-corrected chi connectivity index (χ3v) is 3.19. The molecule has 3 N–H and O–H groups in total. The second-order valence-electron chi connectivity index (χ2n) is 6.35. The Bertz CT molecular complexity index is 709. The number of rotatable bonds is 6. The van der Waals surface area contributed by atoms with E-state index in [1.165, 1.54) is 11.9 Å². The van der Waals surface area contributed by atoms with E-state index in [4.69, 9.17) is 0 Å². The number of nitrogens with one attached hydrogen (secondary N) is 3. The minimum atomic E-state index is -0.505. The molecule has 1 aromatic carbocycles. The molecule has 0 atom stereocenters. The smallest absolute Gasteiger partial charge is 0.334 e. The standard InChI is InChI=1S/C16H22N6O2/c1-5-11-6-8-12(9-7-11)19-14-13(22(23)24)15(18-10-17-14)20-21-16(2,3)4/h6-10,21H,5H2,1-4H3,(H2,17,18,19,20). The molecule has 8 nitrogen and oxygen atoms in total. The van der Waals surface area contributed by atoms with Gasteiger partial charge in [-0.2, -0.15) is 0 Å². The van der Waals surface area contributed by atoms with Gasteiger partial charge < -0.3 is 5.32 Å². The average Bonchev–Trinajstić information content (AvgIpc) is 2.52. The lowest BCUT2D eigenvalue weighted by Crippen LogP contribution is -2.40. The number of anilines is 3. The zero-order valence-electron chi connectivity index (χ0n) is 14.3. The first kappa shape index (κ1) is 17.6. The van der Waals surface area contributed by atoms with E-state index in [-0.39, 0.29) is 22.9 Å². The van der Waals surface area contributed by atoms with E-state index in [1.54, 1.807) is 0 Å². The van der Waals surface area contributed by atoms with Gasteiger partial charge in [0.2, 0.25) is 11.6 Å². The molecule has 0 bridgehead atoms. The van der Waals surface area contributed by atoms with Crippen molar-refractivity contribution in [2.24, 2.45) is 0 Å². The van der Waals surface area contributed by atoms with Crippen LogP contribution in [0.15, 0.2) is 30.6 Å². The Morgan fingerprint density at radius 1 is 1.12 bits per heavy atom. The summed E-state index contributed by atoms with van der Waals surface area (Å²) in [6.45, 7) is 7.86. The van der Waals surface area contributed by atoms with Crippen molar-refractivity contribution in [2.45, 2.75) is 39.7 Å². The summed E-state index contributed by atoms with van der Waals surface area (Å²) < 4.78 is 0. The highest BCUT2D eigenvalue weighted by atomic mass is 16.6. The molecule has 1 heterocycles. The van der Waals surface area contributed by atoms with Crippen LogP contribution < -0.4 is 16.2 Å². The molecule has 0 unspecified atom stereocenters. The summed E-state index contributed by atoms with van der Waals surface area (Å²) in [5.74, 6) is 0.245. The Kier molecular flexibility index (Phi) is 5.30. The lowest BCUT2D eigenvalue weighted by Gasteiger charge is -2.21. The largest absolute Gasteiger partial charge is 0.354 e. The molecular weight excluding hydrogens is 308 g/mol. The van der Waals surface area contributed by atoms with Crippen LogP contribution in [0.1, 0.15) is 33.3 Å². The Morgan fingerprint density at radius 3 is 2.29 bits per heavy atom. The summed E-state index contributed by atoms with van der Waals surface area (Å²) in [4.78, 5) is 18.9. The number of nitrogens with zero attached hydrogens (tertiary/aromatic N) is 3. The maximum Gasteiger partial charge on any atom is 0.354 e. The molecule has 0 aliphatic heterocycles. The van der Waals surface area contributed by atoms with E-state index >= 15 is 0 Å². The van der Waals surface area contributed by atoms with Gasteiger partial charge in [-0.3, -0.25) is 15.5 Å². The summed E-state index contributed by atoms with van der Waals surface area (Å²) in [6, 6.07) is 7.67. The van der Waals surface area contributed by atoms with Crippen LogP contribution in [0, 0.1) is 10.1 Å². The Hall–Kier alpha value is -2.74. The minimum absolute atomic E-state index is 0.109. The van der Waals surface area contributed by atoms with Gasteiger partial charge in [0.15, 0.2) is 0 Å². The predicted molar refractivity (Wildman–Crippen MR) is 94.3 cm³/mol. The molecule has 24 heavy (non-hydrogen) atoms. The van der Waals surface area contributed by atoms with Crippen LogP contribution in [0.3, 0.4) is 0 Å². The van der Waals surface area contributed by atoms with Gasteiger partial charge in [-0.1, -0.05) is 19.1 Å². The maximum atomic E-state index is 11.5. The van der Waals surface area contributed by atoms with Crippen molar-refractivity contribution in [3.8, 4) is 0 Å². The summed E-state index contributed by atoms with van der Waals surface area (Å²) in [7, 11) is 0. The molecule has 0 fully saturated rings. The second-order valence-corrected chi connectivity index (χ2v) is 6.35. The molecule has 2 rings (SSSR count). The van der Waals surface area contributed by atoms with Crippen LogP contribution in [0.25, 0.3) is 0 Å². The van der Waals surface area contributed by atoms with Gasteiger partial charge in [0.25, 0.3) is 0 Å². The lowest BCUT2D eigenvalue weighted by molar-refractivity contribution is -0.383. The molecule has 0 aliphatic rings. The fourth-order valence-corrected chi connectivity index (χ4v) is 1.94. The topological polar surface area (TPSA) is 105 Å². The van der Waals surface area contributed by atoms with Crippen LogP contribution in [0.4, 0.5) is 23.0 Å². The number of nitro groups is 1. The van der Waals surface area contributed by atoms with E-state index in [1.807, 2.05) is 45.0 Å². The highest BCUT2D eigenvalue weighted by Gasteiger charge is 2.24. The molecule has 0 spiro atoms. The van der Waals surface area contributed by atoms with E-state index in [9.17, 15) is 10.1 Å². The summed E-state index contributed by atoms with van der Waals surface area (Å²) in [5.41, 5.74) is 7.19. The average molecular weight is 330 g/mol. The molecule has 1 aromatic heterocycles. The number of hydrazine groups is 1. The Labute approximate surface area is 140 Å². The first-order valence-electron chi connectivity index (χ1n) is 7.68. The molecule has 0 radical (unpaired) electrons. The second kappa shape index (κ2) is 7.22. The lowest BCUT2D eigenvalue weighted by atomic mass is 10.1. The molecule has 2 aromatic rings. The van der Waals surface area contributed by atoms with Gasteiger partial charge in [-0.05, 0) is 44.9 Å². The van der Waals surface area contributed by atoms with E-state index in [0.717, 1.165) is 12.1 Å². The number of aromatic nitrogens is 2. The number of aryl methyl sites for hydroxylation is 1. The molecule has 0 amide bonds. The van der Waals surface area contributed by atoms with Crippen molar-refractivity contribution in [1.29, 1.82) is 0 Å². The molecule has 0 saturated heterocycles. The highest BCUT2D eigenvalue weighted by molar-refractivity contribution is 5.73. The summed E-state index contributed by atoms with van der Waals surface area (Å²) in [6.07, 6.45) is 2.21. The number of hydrogen-bond donors (Lipinski definition) is 3. The van der Waals surface area contributed by atoms with Gasteiger partial charge >= 0.3 is 5.69 Å². The Morgan fingerprint density at radius 2 is 1.75 bits per heavy atom. The fraction of sp³-hybridized carbons (Fsp3) is 0.375. The van der Waals surface area contributed by atoms with Crippen molar-refractivity contribution < 1.29 is 4.92 Å². The molecule has 0 saturated carbocycles. The van der Waals surface area contributed by atoms with Crippen LogP contribution in [-0.4, -0.2) is 20.4 Å². The maximum absolute atomic E-state index is 11.5. The molecular formula is C16H22N6O2. The monoisotopic (exact) mass is 330 g/mol. The van der Waals surface area contributed by atoms with Crippen molar-refractivity contribution in [3.05, 3.63) is 46.3 Å². The van der Waals surface area contributed by atoms with E-state index in [2.05, 4.69) is 33.1 Å². The van der Waals surface area contributed by atoms with Gasteiger partial charge in [-0.25, -0.2) is 15.4 Å². The van der Waals surface area contributed by atoms with E-state index in [0.29, 0.717) is 0 Å². The van der Waals surface area contributed by atoms with Crippen LogP contribution in [0.2, 0.25) is 0 Å². The summed E-state index contributed by atoms with van der Waals surface area (Å²) >= 11 is 0. The van der Waals surface area contributed by atoms with Gasteiger partial charge in [0.05, 0.1) is 4.92 Å². The minimum Gasteiger partial charge on any atom is -0.334 e. The van der Waals surface area contributed by atoms with Gasteiger partial charge in [0, 0.05) is 11.2 Å². The predicted octanol–water partition coefficient (Wildman–Crippen LogP) is 3.41. The molecule has 0 aliphatic carbocycles. The van der Waals surface area contributed by atoms with E-state index < -0.39 is 4.92 Å². The SMILES string of the molecule is CCc1ccc(Nc2ncnc(NNC(C)(C)C)c2[N+](=O)[O-])cc1. The highest BCUT2D eigenvalue weighted by Crippen LogP contribution is 2.30. The zero-order valence-corrected chi connectivity index (χ0v) is 14.3. The Balaban J connectivity index is 2.29. The summed E-state index contributed by atoms with van der Waals surface area (Å²) in [5, 5.41) is 14.5. The first-order chi connectivity index (χ1) is 11.3. The van der Waals surface area contributed by atoms with Crippen LogP contribution >= 0.6 is 0 Å². The number of hydrogen-bond acceptors (Lipinski definition) is 7. The van der Waals surface area contributed by atoms with Crippen molar-refractivity contribution >= 4 is 23.0 Å².